The van der Waals surface area contributed by atoms with Crippen molar-refractivity contribution >= 4 is 5.78 Å². The van der Waals surface area contributed by atoms with E-state index in [2.05, 4.69) is 0 Å². The van der Waals surface area contributed by atoms with Gasteiger partial charge in [0.1, 0.15) is 11.9 Å². The fourth-order valence-corrected chi connectivity index (χ4v) is 2.20. The summed E-state index contributed by atoms with van der Waals surface area (Å²) >= 11 is 0. The Morgan fingerprint density at radius 3 is 2.55 bits per heavy atom. The van der Waals surface area contributed by atoms with E-state index in [4.69, 9.17) is 9.47 Å². The third-order valence-corrected chi connectivity index (χ3v) is 3.47. The van der Waals surface area contributed by atoms with E-state index in [1.165, 1.54) is 7.11 Å². The first kappa shape index (κ1) is 14.9. The summed E-state index contributed by atoms with van der Waals surface area (Å²) in [7, 11) is 1.53. The Hall–Kier alpha value is -1.47. The quantitative estimate of drug-likeness (QED) is 0.670. The Bertz CT molecular complexity index is 457. The number of carbonyl (C=O) groups excluding carboxylic acids is 1. The lowest BCUT2D eigenvalue weighted by atomic mass is 9.88. The predicted molar refractivity (Wildman–Crippen MR) is 69.4 cm³/mol. The number of benzene rings is 1. The van der Waals surface area contributed by atoms with Crippen LogP contribution < -0.4 is 4.74 Å². The SMILES string of the molecule is COc1ccc(C(=O)C[C@H]2C(O)OC[C@@H](O)[C@@H]2O)cc1. The molecule has 1 aliphatic rings. The fraction of sp³-hybridized carbons (Fsp3) is 0.500. The van der Waals surface area contributed by atoms with Crippen LogP contribution in [0.25, 0.3) is 0 Å². The number of rotatable bonds is 4. The zero-order chi connectivity index (χ0) is 14.7. The second kappa shape index (κ2) is 6.32. The van der Waals surface area contributed by atoms with E-state index in [0.29, 0.717) is 11.3 Å². The molecule has 0 radical (unpaired) electrons. The summed E-state index contributed by atoms with van der Waals surface area (Å²) in [5.41, 5.74) is 0.449. The molecule has 0 aliphatic carbocycles. The standard InChI is InChI=1S/C14H18O6/c1-19-9-4-2-8(3-5-9)11(15)6-10-13(17)12(16)7-20-14(10)18/h2-5,10,12-14,16-18H,6-7H2,1H3/t10-,12-,13-,14?/m1/s1. The van der Waals surface area contributed by atoms with Gasteiger partial charge in [-0.15, -0.1) is 0 Å². The van der Waals surface area contributed by atoms with Gasteiger partial charge >= 0.3 is 0 Å². The van der Waals surface area contributed by atoms with Crippen LogP contribution in [0.3, 0.4) is 0 Å². The Kier molecular flexibility index (Phi) is 4.72. The molecule has 0 bridgehead atoms. The number of hydrogen-bond donors (Lipinski definition) is 3. The smallest absolute Gasteiger partial charge is 0.163 e. The van der Waals surface area contributed by atoms with Crippen LogP contribution in [-0.2, 0) is 4.74 Å². The summed E-state index contributed by atoms with van der Waals surface area (Å²) < 4.78 is 9.92. The van der Waals surface area contributed by atoms with Gasteiger partial charge in [-0.3, -0.25) is 4.79 Å². The molecule has 20 heavy (non-hydrogen) atoms. The van der Waals surface area contributed by atoms with Crippen molar-refractivity contribution in [2.75, 3.05) is 13.7 Å². The van der Waals surface area contributed by atoms with Crippen LogP contribution in [0, 0.1) is 5.92 Å². The average molecular weight is 282 g/mol. The maximum atomic E-state index is 12.1. The van der Waals surface area contributed by atoms with E-state index >= 15 is 0 Å². The summed E-state index contributed by atoms with van der Waals surface area (Å²) in [6.45, 7) is -0.143. The number of ether oxygens (including phenoxy) is 2. The number of Topliss-reactive ketones (excluding diaryl/α,β-unsaturated/α-hetero) is 1. The van der Waals surface area contributed by atoms with Crippen LogP contribution in [0.15, 0.2) is 24.3 Å². The van der Waals surface area contributed by atoms with Crippen molar-refractivity contribution < 1.29 is 29.6 Å². The second-order valence-corrected chi connectivity index (χ2v) is 4.80. The van der Waals surface area contributed by atoms with Crippen molar-refractivity contribution in [3.63, 3.8) is 0 Å². The van der Waals surface area contributed by atoms with Gasteiger partial charge in [-0.25, -0.2) is 0 Å². The highest BCUT2D eigenvalue weighted by molar-refractivity contribution is 5.96. The number of carbonyl (C=O) groups is 1. The van der Waals surface area contributed by atoms with Crippen LogP contribution >= 0.6 is 0 Å². The number of aliphatic hydroxyl groups excluding tert-OH is 3. The van der Waals surface area contributed by atoms with Crippen LogP contribution in [0.5, 0.6) is 5.75 Å². The molecular formula is C14H18O6. The van der Waals surface area contributed by atoms with Gasteiger partial charge in [0.05, 0.1) is 19.8 Å². The number of methoxy groups -OCH3 is 1. The first-order valence-corrected chi connectivity index (χ1v) is 6.36. The predicted octanol–water partition coefficient (Wildman–Crippen LogP) is -0.0454. The van der Waals surface area contributed by atoms with Crippen molar-refractivity contribution in [3.05, 3.63) is 29.8 Å². The number of hydrogen-bond acceptors (Lipinski definition) is 6. The van der Waals surface area contributed by atoms with E-state index in [0.717, 1.165) is 0 Å². The maximum Gasteiger partial charge on any atom is 0.163 e. The number of aliphatic hydroxyl groups is 3. The molecule has 1 heterocycles. The van der Waals surface area contributed by atoms with Crippen LogP contribution in [-0.4, -0.2) is 53.3 Å². The van der Waals surface area contributed by atoms with Gasteiger partial charge < -0.3 is 24.8 Å². The minimum atomic E-state index is -1.25. The molecule has 2 rings (SSSR count). The minimum absolute atomic E-state index is 0.105. The third-order valence-electron chi connectivity index (χ3n) is 3.47. The second-order valence-electron chi connectivity index (χ2n) is 4.80. The lowest BCUT2D eigenvalue weighted by molar-refractivity contribution is -0.229. The Balaban J connectivity index is 2.05. The number of ketones is 1. The van der Waals surface area contributed by atoms with Gasteiger partial charge in [0.15, 0.2) is 12.1 Å². The lowest BCUT2D eigenvalue weighted by Gasteiger charge is -2.35. The van der Waals surface area contributed by atoms with E-state index in [1.54, 1.807) is 24.3 Å². The molecule has 1 saturated heterocycles. The highest BCUT2D eigenvalue weighted by Gasteiger charge is 2.38. The molecule has 1 unspecified atom stereocenters. The zero-order valence-electron chi connectivity index (χ0n) is 11.1. The average Bonchev–Trinajstić information content (AvgIpc) is 2.47. The minimum Gasteiger partial charge on any atom is -0.497 e. The molecule has 6 nitrogen and oxygen atoms in total. The molecule has 0 aromatic heterocycles. The van der Waals surface area contributed by atoms with Gasteiger partial charge in [0.25, 0.3) is 0 Å². The summed E-state index contributed by atoms with van der Waals surface area (Å²) in [6, 6.07) is 6.54. The van der Waals surface area contributed by atoms with Crippen LogP contribution in [0.1, 0.15) is 16.8 Å². The summed E-state index contributed by atoms with van der Waals surface area (Å²) in [6.07, 6.45) is -3.63. The van der Waals surface area contributed by atoms with Crippen molar-refractivity contribution in [3.8, 4) is 5.75 Å². The lowest BCUT2D eigenvalue weighted by Crippen LogP contribution is -2.49. The molecule has 0 spiro atoms. The molecule has 1 fully saturated rings. The summed E-state index contributed by atoms with van der Waals surface area (Å²) in [5, 5.41) is 29.0. The zero-order valence-corrected chi connectivity index (χ0v) is 11.1. The molecule has 1 aliphatic heterocycles. The summed E-state index contributed by atoms with van der Waals surface area (Å²) in [5.74, 6) is -0.445. The largest absolute Gasteiger partial charge is 0.497 e. The Morgan fingerprint density at radius 2 is 1.95 bits per heavy atom. The third kappa shape index (κ3) is 3.16. The topological polar surface area (TPSA) is 96.2 Å². The highest BCUT2D eigenvalue weighted by atomic mass is 16.6. The normalized spacial score (nSPS) is 30.0. The van der Waals surface area contributed by atoms with Gasteiger partial charge in [0.2, 0.25) is 0 Å². The van der Waals surface area contributed by atoms with Crippen molar-refractivity contribution in [2.24, 2.45) is 5.92 Å². The van der Waals surface area contributed by atoms with Gasteiger partial charge in [-0.2, -0.15) is 0 Å². The van der Waals surface area contributed by atoms with E-state index in [1.807, 2.05) is 0 Å². The first-order chi connectivity index (χ1) is 9.52. The highest BCUT2D eigenvalue weighted by Crippen LogP contribution is 2.25. The van der Waals surface area contributed by atoms with Gasteiger partial charge in [-0.1, -0.05) is 0 Å². The molecule has 0 saturated carbocycles. The molecule has 0 amide bonds. The van der Waals surface area contributed by atoms with Crippen molar-refractivity contribution in [1.29, 1.82) is 0 Å². The molecular weight excluding hydrogens is 264 g/mol. The van der Waals surface area contributed by atoms with E-state index in [-0.39, 0.29) is 18.8 Å². The molecule has 3 N–H and O–H groups in total. The molecule has 1 aromatic carbocycles. The van der Waals surface area contributed by atoms with Crippen LogP contribution in [0.2, 0.25) is 0 Å². The molecule has 4 atom stereocenters. The Morgan fingerprint density at radius 1 is 1.30 bits per heavy atom. The fourth-order valence-electron chi connectivity index (χ4n) is 2.20. The molecule has 6 heteroatoms. The van der Waals surface area contributed by atoms with Crippen molar-refractivity contribution in [2.45, 2.75) is 24.9 Å². The van der Waals surface area contributed by atoms with Gasteiger partial charge in [-0.05, 0) is 24.3 Å². The van der Waals surface area contributed by atoms with E-state index < -0.39 is 24.4 Å². The van der Waals surface area contributed by atoms with Crippen molar-refractivity contribution in [1.82, 2.24) is 0 Å². The Labute approximate surface area is 116 Å². The molecule has 110 valence electrons. The van der Waals surface area contributed by atoms with Crippen LogP contribution in [0.4, 0.5) is 0 Å². The maximum absolute atomic E-state index is 12.1. The first-order valence-electron chi connectivity index (χ1n) is 6.36. The monoisotopic (exact) mass is 282 g/mol. The van der Waals surface area contributed by atoms with Gasteiger partial charge in [0, 0.05) is 17.9 Å². The summed E-state index contributed by atoms with van der Waals surface area (Å²) in [4.78, 5) is 12.1. The molecule has 1 aromatic rings. The van der Waals surface area contributed by atoms with E-state index in [9.17, 15) is 20.1 Å².